The first-order valence-electron chi connectivity index (χ1n) is 3.88. The molecule has 0 aromatic rings. The van der Waals surface area contributed by atoms with Gasteiger partial charge in [0.2, 0.25) is 0 Å². The predicted molar refractivity (Wildman–Crippen MR) is 39.1 cm³/mol. The van der Waals surface area contributed by atoms with Crippen molar-refractivity contribution in [3.05, 3.63) is 0 Å². The van der Waals surface area contributed by atoms with E-state index in [2.05, 4.69) is 0 Å². The molecule has 4 N–H and O–H groups in total. The smallest absolute Gasteiger partial charge is 0.160 e. The molecule has 1 heterocycles. The fourth-order valence-electron chi connectivity index (χ4n) is 1.23. The van der Waals surface area contributed by atoms with Crippen molar-refractivity contribution in [2.45, 2.75) is 31.5 Å². The Morgan fingerprint density at radius 2 is 1.75 bits per heavy atom. The fraction of sp³-hybridized carbons (Fsp3) is 1.00. The predicted octanol–water partition coefficient (Wildman–Crippen LogP) is -1.95. The van der Waals surface area contributed by atoms with Crippen molar-refractivity contribution in [3.8, 4) is 0 Å². The molecule has 5 atom stereocenters. The minimum Gasteiger partial charge on any atom is -0.394 e. The zero-order valence-electron chi connectivity index (χ0n) is 6.79. The SMILES string of the molecule is C[C@@H]1[C@@H](O)[C@H](O)[C@@H](CO)O[C@H]1O. The second-order valence-electron chi connectivity index (χ2n) is 3.09. The summed E-state index contributed by atoms with van der Waals surface area (Å²) in [7, 11) is 0. The van der Waals surface area contributed by atoms with Crippen LogP contribution in [0.2, 0.25) is 0 Å². The van der Waals surface area contributed by atoms with Crippen LogP contribution in [-0.2, 0) is 4.74 Å². The third kappa shape index (κ3) is 1.60. The molecule has 12 heavy (non-hydrogen) atoms. The largest absolute Gasteiger partial charge is 0.394 e. The molecule has 0 bridgehead atoms. The van der Waals surface area contributed by atoms with Crippen molar-refractivity contribution < 1.29 is 25.2 Å². The summed E-state index contributed by atoms with van der Waals surface area (Å²) in [6.45, 7) is 1.15. The zero-order valence-corrected chi connectivity index (χ0v) is 6.79. The first-order valence-corrected chi connectivity index (χ1v) is 3.88. The summed E-state index contributed by atoms with van der Waals surface area (Å²) in [5, 5.41) is 36.4. The molecule has 0 amide bonds. The number of aliphatic hydroxyl groups is 4. The molecule has 1 aliphatic heterocycles. The number of hydrogen-bond donors (Lipinski definition) is 4. The fourth-order valence-corrected chi connectivity index (χ4v) is 1.23. The number of rotatable bonds is 1. The van der Waals surface area contributed by atoms with Crippen LogP contribution in [0.3, 0.4) is 0 Å². The maximum atomic E-state index is 9.32. The van der Waals surface area contributed by atoms with E-state index in [1.165, 1.54) is 0 Å². The van der Waals surface area contributed by atoms with Crippen LogP contribution in [0.15, 0.2) is 0 Å². The molecule has 1 rings (SSSR count). The van der Waals surface area contributed by atoms with Gasteiger partial charge in [-0.3, -0.25) is 0 Å². The summed E-state index contributed by atoms with van der Waals surface area (Å²) in [6, 6.07) is 0. The van der Waals surface area contributed by atoms with Crippen molar-refractivity contribution in [2.24, 2.45) is 5.92 Å². The Morgan fingerprint density at radius 3 is 2.25 bits per heavy atom. The van der Waals surface area contributed by atoms with Crippen LogP contribution in [0.1, 0.15) is 6.92 Å². The molecule has 1 aliphatic rings. The van der Waals surface area contributed by atoms with Gasteiger partial charge in [-0.15, -0.1) is 0 Å². The molecule has 0 spiro atoms. The Kier molecular flexibility index (Phi) is 3.03. The zero-order chi connectivity index (χ0) is 9.30. The topological polar surface area (TPSA) is 90.2 Å². The van der Waals surface area contributed by atoms with Crippen LogP contribution in [0.25, 0.3) is 0 Å². The Balaban J connectivity index is 2.63. The molecule has 1 saturated heterocycles. The van der Waals surface area contributed by atoms with Crippen LogP contribution in [0.4, 0.5) is 0 Å². The van der Waals surface area contributed by atoms with E-state index in [4.69, 9.17) is 14.9 Å². The van der Waals surface area contributed by atoms with Gasteiger partial charge in [0, 0.05) is 5.92 Å². The molecule has 1 fully saturated rings. The molecule has 0 aromatic heterocycles. The second-order valence-corrected chi connectivity index (χ2v) is 3.09. The summed E-state index contributed by atoms with van der Waals surface area (Å²) < 4.78 is 4.83. The highest BCUT2D eigenvalue weighted by Gasteiger charge is 2.40. The van der Waals surface area contributed by atoms with E-state index in [1.54, 1.807) is 6.92 Å². The van der Waals surface area contributed by atoms with Crippen LogP contribution < -0.4 is 0 Å². The molecule has 0 saturated carbocycles. The van der Waals surface area contributed by atoms with Crippen LogP contribution in [0.5, 0.6) is 0 Å². The summed E-state index contributed by atoms with van der Waals surface area (Å²) >= 11 is 0. The maximum absolute atomic E-state index is 9.32. The first-order chi connectivity index (χ1) is 5.57. The third-order valence-corrected chi connectivity index (χ3v) is 2.21. The highest BCUT2D eigenvalue weighted by molar-refractivity contribution is 4.86. The Bertz CT molecular complexity index is 146. The summed E-state index contributed by atoms with van der Waals surface area (Å²) in [5.41, 5.74) is 0. The molecular formula is C7H14O5. The normalized spacial score (nSPS) is 49.2. The Hall–Kier alpha value is -0.200. The van der Waals surface area contributed by atoms with Crippen molar-refractivity contribution >= 4 is 0 Å². The van der Waals surface area contributed by atoms with Gasteiger partial charge in [-0.05, 0) is 0 Å². The molecule has 0 aromatic carbocycles. The van der Waals surface area contributed by atoms with E-state index in [0.717, 1.165) is 0 Å². The van der Waals surface area contributed by atoms with Gasteiger partial charge < -0.3 is 25.2 Å². The van der Waals surface area contributed by atoms with E-state index in [1.807, 2.05) is 0 Å². The van der Waals surface area contributed by atoms with E-state index in [-0.39, 0.29) is 0 Å². The van der Waals surface area contributed by atoms with Crippen molar-refractivity contribution in [3.63, 3.8) is 0 Å². The standard InChI is InChI=1S/C7H14O5/c1-3-5(9)6(10)4(2-8)12-7(3)11/h3-11H,2H2,1H3/t3-,4-,5-,6-,7-/m1/s1. The van der Waals surface area contributed by atoms with Gasteiger partial charge in [-0.2, -0.15) is 0 Å². The lowest BCUT2D eigenvalue weighted by Crippen LogP contribution is -2.54. The van der Waals surface area contributed by atoms with E-state index in [9.17, 15) is 10.2 Å². The number of aliphatic hydroxyl groups excluding tert-OH is 4. The lowest BCUT2D eigenvalue weighted by atomic mass is 9.93. The van der Waals surface area contributed by atoms with E-state index < -0.39 is 37.1 Å². The second kappa shape index (κ2) is 3.68. The summed E-state index contributed by atoms with van der Waals surface area (Å²) in [4.78, 5) is 0. The highest BCUT2D eigenvalue weighted by atomic mass is 16.6. The van der Waals surface area contributed by atoms with Crippen LogP contribution in [0, 0.1) is 5.92 Å². The van der Waals surface area contributed by atoms with Gasteiger partial charge in [0.25, 0.3) is 0 Å². The van der Waals surface area contributed by atoms with Gasteiger partial charge in [0.1, 0.15) is 12.2 Å². The van der Waals surface area contributed by atoms with Gasteiger partial charge >= 0.3 is 0 Å². The van der Waals surface area contributed by atoms with E-state index >= 15 is 0 Å². The third-order valence-electron chi connectivity index (χ3n) is 2.21. The van der Waals surface area contributed by atoms with Crippen LogP contribution in [-0.4, -0.2) is 51.6 Å². The summed E-state index contributed by atoms with van der Waals surface area (Å²) in [6.07, 6.45) is -4.20. The monoisotopic (exact) mass is 178 g/mol. The van der Waals surface area contributed by atoms with Crippen LogP contribution >= 0.6 is 0 Å². The Labute approximate surface area is 70.2 Å². The molecule has 5 nitrogen and oxygen atoms in total. The number of hydrogen-bond acceptors (Lipinski definition) is 5. The van der Waals surface area contributed by atoms with Gasteiger partial charge in [0.15, 0.2) is 6.29 Å². The molecular weight excluding hydrogens is 164 g/mol. The molecule has 72 valence electrons. The molecule has 0 aliphatic carbocycles. The average Bonchev–Trinajstić information content (AvgIpc) is 2.08. The van der Waals surface area contributed by atoms with Gasteiger partial charge in [-0.1, -0.05) is 6.92 Å². The van der Waals surface area contributed by atoms with Gasteiger partial charge in [-0.25, -0.2) is 0 Å². The molecule has 0 unspecified atom stereocenters. The van der Waals surface area contributed by atoms with Crippen molar-refractivity contribution in [1.82, 2.24) is 0 Å². The highest BCUT2D eigenvalue weighted by Crippen LogP contribution is 2.23. The quantitative estimate of drug-likeness (QED) is 0.375. The Morgan fingerprint density at radius 1 is 1.17 bits per heavy atom. The summed E-state index contributed by atoms with van der Waals surface area (Å²) in [5.74, 6) is -0.539. The minimum atomic E-state index is -1.13. The first kappa shape index (κ1) is 9.88. The molecule has 5 heteroatoms. The minimum absolute atomic E-state index is 0.415. The molecule has 0 radical (unpaired) electrons. The van der Waals surface area contributed by atoms with Crippen molar-refractivity contribution in [2.75, 3.05) is 6.61 Å². The lowest BCUT2D eigenvalue weighted by Gasteiger charge is -2.38. The number of ether oxygens (including phenoxy) is 1. The van der Waals surface area contributed by atoms with Gasteiger partial charge in [0.05, 0.1) is 12.7 Å². The van der Waals surface area contributed by atoms with E-state index in [0.29, 0.717) is 0 Å². The lowest BCUT2D eigenvalue weighted by molar-refractivity contribution is -0.266. The average molecular weight is 178 g/mol. The maximum Gasteiger partial charge on any atom is 0.160 e. The van der Waals surface area contributed by atoms with Crippen molar-refractivity contribution in [1.29, 1.82) is 0 Å².